The molecule has 2 heterocycles. The van der Waals surface area contributed by atoms with E-state index < -0.39 is 12.1 Å². The number of pyridine rings is 1. The summed E-state index contributed by atoms with van der Waals surface area (Å²) in [5.74, 6) is 0.00116. The van der Waals surface area contributed by atoms with Crippen molar-refractivity contribution in [3.05, 3.63) is 74.8 Å². The van der Waals surface area contributed by atoms with E-state index in [9.17, 15) is 9.90 Å². The number of carbonyl (C=O) groups is 1. The predicted octanol–water partition coefficient (Wildman–Crippen LogP) is 5.75. The Morgan fingerprint density at radius 1 is 1.29 bits per heavy atom. The van der Waals surface area contributed by atoms with Gasteiger partial charge in [-0.2, -0.15) is 0 Å². The lowest BCUT2D eigenvalue weighted by atomic mass is 9.94. The molecular formula is C24H24ClNO4S. The summed E-state index contributed by atoms with van der Waals surface area (Å²) >= 11 is 7.59. The van der Waals surface area contributed by atoms with E-state index in [0.717, 1.165) is 37.6 Å². The van der Waals surface area contributed by atoms with Crippen LogP contribution in [0, 0.1) is 13.8 Å². The fourth-order valence-corrected chi connectivity index (χ4v) is 4.57. The first-order valence-corrected chi connectivity index (χ1v) is 11.0. The maximum atomic E-state index is 11.9. The summed E-state index contributed by atoms with van der Waals surface area (Å²) in [4.78, 5) is 18.2. The fraction of sp³-hybridized carbons (Fsp3) is 0.250. The lowest BCUT2D eigenvalue weighted by molar-refractivity contribution is -0.137. The van der Waals surface area contributed by atoms with Gasteiger partial charge >= 0.3 is 5.97 Å². The maximum Gasteiger partial charge on any atom is 0.330 e. The zero-order valence-corrected chi connectivity index (χ0v) is 19.4. The Morgan fingerprint density at radius 2 is 2.00 bits per heavy atom. The third-order valence-electron chi connectivity index (χ3n) is 4.94. The smallest absolute Gasteiger partial charge is 0.330 e. The molecule has 2 aromatic heterocycles. The first-order valence-electron chi connectivity index (χ1n) is 9.78. The molecule has 3 rings (SSSR count). The average Bonchev–Trinajstić information content (AvgIpc) is 3.06. The van der Waals surface area contributed by atoms with Gasteiger partial charge in [-0.25, -0.2) is 9.78 Å². The molecule has 7 heteroatoms. The number of aromatic nitrogens is 1. The SMILES string of the molecule is CCOC(=O)/C=C/c1cc(OC)ncc1-c1sc(C)c(C)c1C(O)c1ccc(Cl)cc1. The molecule has 0 aliphatic heterocycles. The Hall–Kier alpha value is -2.67. The van der Waals surface area contributed by atoms with Crippen molar-refractivity contribution in [3.8, 4) is 16.3 Å². The molecule has 162 valence electrons. The molecular weight excluding hydrogens is 434 g/mol. The standard InChI is InChI=1S/C24H24ClNO4S/c1-5-30-21(27)11-8-17-12-20(29-4)26-13-19(17)24-22(14(2)15(3)31-24)23(28)16-6-9-18(25)10-7-16/h6-13,23,28H,5H2,1-4H3/b11-8+. The molecule has 0 aliphatic rings. The average molecular weight is 458 g/mol. The van der Waals surface area contributed by atoms with E-state index in [2.05, 4.69) is 4.98 Å². The third kappa shape index (κ3) is 5.15. The highest BCUT2D eigenvalue weighted by Crippen LogP contribution is 2.43. The third-order valence-corrected chi connectivity index (χ3v) is 6.45. The lowest BCUT2D eigenvalue weighted by Crippen LogP contribution is -2.03. The Morgan fingerprint density at radius 3 is 2.65 bits per heavy atom. The number of hydrogen-bond acceptors (Lipinski definition) is 6. The van der Waals surface area contributed by atoms with E-state index in [1.165, 1.54) is 13.2 Å². The molecule has 0 aliphatic carbocycles. The van der Waals surface area contributed by atoms with Gasteiger partial charge in [0.15, 0.2) is 0 Å². The van der Waals surface area contributed by atoms with Crippen molar-refractivity contribution in [1.82, 2.24) is 4.98 Å². The van der Waals surface area contributed by atoms with Gasteiger partial charge in [0.05, 0.1) is 13.7 Å². The van der Waals surface area contributed by atoms with Crippen LogP contribution in [0.1, 0.15) is 40.2 Å². The van der Waals surface area contributed by atoms with Gasteiger partial charge < -0.3 is 14.6 Å². The van der Waals surface area contributed by atoms with Crippen molar-refractivity contribution >= 4 is 35.0 Å². The molecule has 1 unspecified atom stereocenters. The number of thiophene rings is 1. The number of ether oxygens (including phenoxy) is 2. The first-order chi connectivity index (χ1) is 14.8. The maximum absolute atomic E-state index is 11.9. The van der Waals surface area contributed by atoms with Crippen LogP contribution in [0.4, 0.5) is 0 Å². The molecule has 5 nitrogen and oxygen atoms in total. The monoisotopic (exact) mass is 457 g/mol. The second-order valence-corrected chi connectivity index (χ2v) is 8.54. The highest BCUT2D eigenvalue weighted by molar-refractivity contribution is 7.15. The number of aryl methyl sites for hydroxylation is 1. The summed E-state index contributed by atoms with van der Waals surface area (Å²) < 4.78 is 10.3. The first kappa shape index (κ1) is 23.0. The molecule has 0 fully saturated rings. The summed E-state index contributed by atoms with van der Waals surface area (Å²) in [6.45, 7) is 6.08. The topological polar surface area (TPSA) is 68.7 Å². The molecule has 0 amide bonds. The molecule has 0 radical (unpaired) electrons. The summed E-state index contributed by atoms with van der Waals surface area (Å²) in [7, 11) is 1.54. The van der Waals surface area contributed by atoms with Crippen LogP contribution in [0.15, 0.2) is 42.6 Å². The van der Waals surface area contributed by atoms with Crippen molar-refractivity contribution in [2.24, 2.45) is 0 Å². The molecule has 1 aromatic carbocycles. The van der Waals surface area contributed by atoms with Crippen molar-refractivity contribution in [2.45, 2.75) is 26.9 Å². The van der Waals surface area contributed by atoms with Crippen molar-refractivity contribution in [3.63, 3.8) is 0 Å². The van der Waals surface area contributed by atoms with Gasteiger partial charge in [0.25, 0.3) is 0 Å². The van der Waals surface area contributed by atoms with Crippen molar-refractivity contribution < 1.29 is 19.4 Å². The number of halogens is 1. The normalized spacial score (nSPS) is 12.2. The van der Waals surface area contributed by atoms with E-state index in [4.69, 9.17) is 21.1 Å². The fourth-order valence-electron chi connectivity index (χ4n) is 3.22. The molecule has 1 atom stereocenters. The number of nitrogens with zero attached hydrogens (tertiary/aromatic N) is 1. The Kier molecular flexibility index (Phi) is 7.49. The van der Waals surface area contributed by atoms with E-state index >= 15 is 0 Å². The van der Waals surface area contributed by atoms with Crippen LogP contribution >= 0.6 is 22.9 Å². The minimum Gasteiger partial charge on any atom is -0.481 e. The van der Waals surface area contributed by atoms with Gasteiger partial charge in [0.1, 0.15) is 6.10 Å². The lowest BCUT2D eigenvalue weighted by Gasteiger charge is -2.16. The van der Waals surface area contributed by atoms with E-state index in [1.54, 1.807) is 48.7 Å². The molecule has 0 saturated carbocycles. The zero-order valence-electron chi connectivity index (χ0n) is 17.8. The molecule has 0 bridgehead atoms. The predicted molar refractivity (Wildman–Crippen MR) is 125 cm³/mol. The van der Waals surface area contributed by atoms with Crippen molar-refractivity contribution in [1.29, 1.82) is 0 Å². The molecule has 31 heavy (non-hydrogen) atoms. The number of methoxy groups -OCH3 is 1. The van der Waals surface area contributed by atoms with E-state index in [-0.39, 0.29) is 0 Å². The highest BCUT2D eigenvalue weighted by Gasteiger charge is 2.24. The Labute approximate surface area is 190 Å². The van der Waals surface area contributed by atoms with Crippen LogP contribution in [0.25, 0.3) is 16.5 Å². The van der Waals surface area contributed by atoms with Crippen LogP contribution in [0.2, 0.25) is 5.02 Å². The number of hydrogen-bond donors (Lipinski definition) is 1. The zero-order chi connectivity index (χ0) is 22.5. The summed E-state index contributed by atoms with van der Waals surface area (Å²) in [6, 6.07) is 8.91. The minimum atomic E-state index is -0.832. The number of aliphatic hydroxyl groups is 1. The number of benzene rings is 1. The summed E-state index contributed by atoms with van der Waals surface area (Å²) in [5.41, 5.74) is 4.11. The van der Waals surface area contributed by atoms with Gasteiger partial charge in [0.2, 0.25) is 5.88 Å². The second-order valence-electron chi connectivity index (χ2n) is 6.88. The van der Waals surface area contributed by atoms with Gasteiger partial charge in [-0.05, 0) is 55.7 Å². The largest absolute Gasteiger partial charge is 0.481 e. The van der Waals surface area contributed by atoms with Crippen LogP contribution < -0.4 is 4.74 Å². The number of aliphatic hydroxyl groups excluding tert-OH is 1. The quantitative estimate of drug-likeness (QED) is 0.361. The van der Waals surface area contributed by atoms with Gasteiger partial charge in [0, 0.05) is 44.2 Å². The number of rotatable bonds is 7. The van der Waals surface area contributed by atoms with Gasteiger partial charge in [-0.1, -0.05) is 23.7 Å². The van der Waals surface area contributed by atoms with Gasteiger partial charge in [-0.3, -0.25) is 0 Å². The van der Waals surface area contributed by atoms with Crippen molar-refractivity contribution in [2.75, 3.05) is 13.7 Å². The Balaban J connectivity index is 2.13. The van der Waals surface area contributed by atoms with Crippen LogP contribution in [-0.2, 0) is 9.53 Å². The minimum absolute atomic E-state index is 0.302. The second kappa shape index (κ2) is 10.1. The summed E-state index contributed by atoms with van der Waals surface area (Å²) in [6.07, 6.45) is 3.93. The van der Waals surface area contributed by atoms with Gasteiger partial charge in [-0.15, -0.1) is 11.3 Å². The molecule has 3 aromatic rings. The van der Waals surface area contributed by atoms with E-state index in [0.29, 0.717) is 17.5 Å². The number of carbonyl (C=O) groups excluding carboxylic acids is 1. The highest BCUT2D eigenvalue weighted by atomic mass is 35.5. The summed E-state index contributed by atoms with van der Waals surface area (Å²) in [5, 5.41) is 11.8. The van der Waals surface area contributed by atoms with Crippen LogP contribution in [0.3, 0.4) is 0 Å². The van der Waals surface area contributed by atoms with Crippen LogP contribution in [0.5, 0.6) is 5.88 Å². The molecule has 0 spiro atoms. The van der Waals surface area contributed by atoms with Crippen LogP contribution in [-0.4, -0.2) is 29.8 Å². The van der Waals surface area contributed by atoms with E-state index in [1.807, 2.05) is 26.0 Å². The molecule has 0 saturated heterocycles. The Bertz CT molecular complexity index is 1110. The number of esters is 1. The molecule has 1 N–H and O–H groups in total.